The SMILES string of the molecule is CC[C@H](C)[C@@H](NC=O)C(=O)OCc1ccccc1. The van der Waals surface area contributed by atoms with Gasteiger partial charge in [-0.15, -0.1) is 0 Å². The summed E-state index contributed by atoms with van der Waals surface area (Å²) < 4.78 is 5.21. The fraction of sp³-hybridized carbons (Fsp3) is 0.429. The Kier molecular flexibility index (Phi) is 5.91. The molecule has 0 unspecified atom stereocenters. The molecule has 0 saturated carbocycles. The molecule has 98 valence electrons. The minimum absolute atomic E-state index is 0.0541. The summed E-state index contributed by atoms with van der Waals surface area (Å²) in [4.78, 5) is 22.4. The van der Waals surface area contributed by atoms with Gasteiger partial charge in [0.1, 0.15) is 12.6 Å². The Bertz CT molecular complexity index is 378. The smallest absolute Gasteiger partial charge is 0.329 e. The molecule has 1 aromatic carbocycles. The standard InChI is InChI=1S/C14H19NO3/c1-3-11(2)13(15-10-16)14(17)18-9-12-7-5-4-6-8-12/h4-8,10-11,13H,3,9H2,1-2H3,(H,15,16)/t11-,13+/m0/s1. The predicted molar refractivity (Wildman–Crippen MR) is 68.7 cm³/mol. The van der Waals surface area contributed by atoms with Gasteiger partial charge in [-0.2, -0.15) is 0 Å². The molecule has 4 heteroatoms. The number of rotatable bonds is 7. The minimum atomic E-state index is -0.573. The zero-order valence-electron chi connectivity index (χ0n) is 10.8. The molecule has 0 saturated heterocycles. The molecule has 4 nitrogen and oxygen atoms in total. The molecule has 1 amide bonds. The maximum absolute atomic E-state index is 11.9. The molecule has 0 bridgehead atoms. The molecule has 0 aliphatic rings. The number of carbonyl (C=O) groups is 2. The van der Waals surface area contributed by atoms with E-state index in [2.05, 4.69) is 5.32 Å². The van der Waals surface area contributed by atoms with E-state index >= 15 is 0 Å². The summed E-state index contributed by atoms with van der Waals surface area (Å²) in [5.41, 5.74) is 0.930. The number of ether oxygens (including phenoxy) is 1. The van der Waals surface area contributed by atoms with Crippen molar-refractivity contribution in [3.63, 3.8) is 0 Å². The van der Waals surface area contributed by atoms with Gasteiger partial charge in [-0.05, 0) is 11.5 Å². The van der Waals surface area contributed by atoms with Gasteiger partial charge in [-0.3, -0.25) is 4.79 Å². The number of carbonyl (C=O) groups excluding carboxylic acids is 2. The first-order valence-corrected chi connectivity index (χ1v) is 6.09. The van der Waals surface area contributed by atoms with E-state index in [0.717, 1.165) is 12.0 Å². The Labute approximate surface area is 107 Å². The van der Waals surface area contributed by atoms with E-state index in [1.54, 1.807) is 0 Å². The molecule has 18 heavy (non-hydrogen) atoms. The number of hydrogen-bond donors (Lipinski definition) is 1. The van der Waals surface area contributed by atoms with Gasteiger partial charge in [0.25, 0.3) is 0 Å². The average Bonchev–Trinajstić information content (AvgIpc) is 2.42. The summed E-state index contributed by atoms with van der Waals surface area (Å²) in [5.74, 6) is -0.334. The fourth-order valence-electron chi connectivity index (χ4n) is 1.59. The molecule has 0 spiro atoms. The molecule has 0 fully saturated rings. The molecule has 0 heterocycles. The maximum atomic E-state index is 11.9. The molecular weight excluding hydrogens is 230 g/mol. The number of amides is 1. The first-order valence-electron chi connectivity index (χ1n) is 6.09. The molecule has 0 aliphatic carbocycles. The van der Waals surface area contributed by atoms with Crippen molar-refractivity contribution < 1.29 is 14.3 Å². The summed E-state index contributed by atoms with van der Waals surface area (Å²) in [6.07, 6.45) is 1.34. The summed E-state index contributed by atoms with van der Waals surface area (Å²) in [6, 6.07) is 8.88. The minimum Gasteiger partial charge on any atom is -0.459 e. The Hall–Kier alpha value is -1.84. The summed E-state index contributed by atoms with van der Waals surface area (Å²) >= 11 is 0. The van der Waals surface area contributed by atoms with E-state index in [9.17, 15) is 9.59 Å². The molecule has 0 aliphatic heterocycles. The molecule has 1 aromatic rings. The van der Waals surface area contributed by atoms with Crippen molar-refractivity contribution in [2.75, 3.05) is 0 Å². The molecular formula is C14H19NO3. The van der Waals surface area contributed by atoms with Crippen LogP contribution in [-0.2, 0) is 20.9 Å². The molecule has 1 rings (SSSR count). The summed E-state index contributed by atoms with van der Waals surface area (Å²) in [5, 5.41) is 2.51. The van der Waals surface area contributed by atoms with Gasteiger partial charge in [-0.1, -0.05) is 50.6 Å². The predicted octanol–water partition coefficient (Wildman–Crippen LogP) is 1.89. The largest absolute Gasteiger partial charge is 0.459 e. The van der Waals surface area contributed by atoms with Crippen molar-refractivity contribution in [1.29, 1.82) is 0 Å². The zero-order chi connectivity index (χ0) is 13.4. The lowest BCUT2D eigenvalue weighted by Crippen LogP contribution is -2.42. The summed E-state index contributed by atoms with van der Waals surface area (Å²) in [6.45, 7) is 4.10. The molecule has 0 aromatic heterocycles. The maximum Gasteiger partial charge on any atom is 0.329 e. The number of hydrogen-bond acceptors (Lipinski definition) is 3. The van der Waals surface area contributed by atoms with Gasteiger partial charge in [0.05, 0.1) is 0 Å². The lowest BCUT2D eigenvalue weighted by molar-refractivity contribution is -0.149. The van der Waals surface area contributed by atoms with E-state index in [0.29, 0.717) is 6.41 Å². The third-order valence-corrected chi connectivity index (χ3v) is 2.94. The van der Waals surface area contributed by atoms with Crippen molar-refractivity contribution in [1.82, 2.24) is 5.32 Å². The van der Waals surface area contributed by atoms with Gasteiger partial charge in [0, 0.05) is 0 Å². The van der Waals surface area contributed by atoms with Crippen LogP contribution in [0.3, 0.4) is 0 Å². The van der Waals surface area contributed by atoms with Crippen LogP contribution in [0.15, 0.2) is 30.3 Å². The molecule has 0 radical (unpaired) electrons. The topological polar surface area (TPSA) is 55.4 Å². The third-order valence-electron chi connectivity index (χ3n) is 2.94. The van der Waals surface area contributed by atoms with Crippen molar-refractivity contribution in [2.45, 2.75) is 32.9 Å². The van der Waals surface area contributed by atoms with Gasteiger partial charge in [0.2, 0.25) is 6.41 Å². The normalized spacial score (nSPS) is 13.4. The van der Waals surface area contributed by atoms with Gasteiger partial charge in [0.15, 0.2) is 0 Å². The second-order valence-corrected chi connectivity index (χ2v) is 4.24. The van der Waals surface area contributed by atoms with Gasteiger partial charge in [-0.25, -0.2) is 4.79 Å². The van der Waals surface area contributed by atoms with Gasteiger partial charge < -0.3 is 10.1 Å². The number of esters is 1. The fourth-order valence-corrected chi connectivity index (χ4v) is 1.59. The zero-order valence-corrected chi connectivity index (χ0v) is 10.8. The molecule has 1 N–H and O–H groups in total. The van der Waals surface area contributed by atoms with Gasteiger partial charge >= 0.3 is 5.97 Å². The van der Waals surface area contributed by atoms with Crippen LogP contribution in [0.1, 0.15) is 25.8 Å². The monoisotopic (exact) mass is 249 g/mol. The lowest BCUT2D eigenvalue weighted by Gasteiger charge is -2.20. The van der Waals surface area contributed by atoms with E-state index in [1.165, 1.54) is 0 Å². The second-order valence-electron chi connectivity index (χ2n) is 4.24. The van der Waals surface area contributed by atoms with Crippen LogP contribution in [0.5, 0.6) is 0 Å². The Morgan fingerprint density at radius 3 is 2.61 bits per heavy atom. The third kappa shape index (κ3) is 4.20. The van der Waals surface area contributed by atoms with Crippen molar-refractivity contribution in [3.05, 3.63) is 35.9 Å². The average molecular weight is 249 g/mol. The van der Waals surface area contributed by atoms with Crippen LogP contribution < -0.4 is 5.32 Å². The van der Waals surface area contributed by atoms with E-state index in [4.69, 9.17) is 4.74 Å². The Morgan fingerprint density at radius 2 is 2.06 bits per heavy atom. The highest BCUT2D eigenvalue weighted by atomic mass is 16.5. The summed E-state index contributed by atoms with van der Waals surface area (Å²) in [7, 11) is 0. The Morgan fingerprint density at radius 1 is 1.39 bits per heavy atom. The molecule has 2 atom stereocenters. The van der Waals surface area contributed by atoms with Crippen molar-refractivity contribution in [3.8, 4) is 0 Å². The quantitative estimate of drug-likeness (QED) is 0.593. The highest BCUT2D eigenvalue weighted by Crippen LogP contribution is 2.10. The van der Waals surface area contributed by atoms with Crippen LogP contribution in [0, 0.1) is 5.92 Å². The van der Waals surface area contributed by atoms with Crippen LogP contribution in [0.4, 0.5) is 0 Å². The lowest BCUT2D eigenvalue weighted by atomic mass is 9.99. The van der Waals surface area contributed by atoms with E-state index in [-0.39, 0.29) is 18.5 Å². The Balaban J connectivity index is 2.54. The second kappa shape index (κ2) is 7.48. The van der Waals surface area contributed by atoms with E-state index < -0.39 is 6.04 Å². The van der Waals surface area contributed by atoms with Crippen molar-refractivity contribution >= 4 is 12.4 Å². The number of nitrogens with one attached hydrogen (secondary N) is 1. The number of benzene rings is 1. The van der Waals surface area contributed by atoms with Crippen LogP contribution in [-0.4, -0.2) is 18.4 Å². The first kappa shape index (κ1) is 14.2. The van der Waals surface area contributed by atoms with Crippen LogP contribution >= 0.6 is 0 Å². The van der Waals surface area contributed by atoms with E-state index in [1.807, 2.05) is 44.2 Å². The van der Waals surface area contributed by atoms with Crippen molar-refractivity contribution in [2.24, 2.45) is 5.92 Å². The highest BCUT2D eigenvalue weighted by Gasteiger charge is 2.24. The van der Waals surface area contributed by atoms with Crippen LogP contribution in [0.2, 0.25) is 0 Å². The first-order chi connectivity index (χ1) is 8.69. The highest BCUT2D eigenvalue weighted by molar-refractivity contribution is 5.78. The van der Waals surface area contributed by atoms with Crippen LogP contribution in [0.25, 0.3) is 0 Å².